The predicted molar refractivity (Wildman–Crippen MR) is 110 cm³/mol. The molecule has 1 aliphatic carbocycles. The first-order chi connectivity index (χ1) is 12.9. The van der Waals surface area contributed by atoms with E-state index in [1.54, 1.807) is 18.4 Å². The maximum atomic E-state index is 13.0. The van der Waals surface area contributed by atoms with Crippen LogP contribution in [0.1, 0.15) is 37.1 Å². The number of nitrogens with two attached hydrogens (primary N) is 1. The summed E-state index contributed by atoms with van der Waals surface area (Å²) in [7, 11) is 1.72. The highest BCUT2D eigenvalue weighted by molar-refractivity contribution is 7.15. The van der Waals surface area contributed by atoms with Crippen molar-refractivity contribution in [1.29, 1.82) is 0 Å². The standard InChI is InChI=1S/C22H23N3OS/c1-4-6-14-7-5-8-16(13-14)17-11-12-18(27-17)22(2)19(15-9-10-15)20(26)25(3)21(23)24-22/h5,7-8,11-13,15,19H,9-10H2,1-3H3,(H2,23,24)/t19?,22-/m1/s1. The van der Waals surface area contributed by atoms with E-state index in [2.05, 4.69) is 43.0 Å². The zero-order chi connectivity index (χ0) is 19.2. The third kappa shape index (κ3) is 3.04. The minimum Gasteiger partial charge on any atom is -0.369 e. The van der Waals surface area contributed by atoms with E-state index in [0.717, 1.165) is 33.7 Å². The maximum absolute atomic E-state index is 13.0. The van der Waals surface area contributed by atoms with Gasteiger partial charge in [-0.2, -0.15) is 0 Å². The predicted octanol–water partition coefficient (Wildman–Crippen LogP) is 3.81. The third-order valence-corrected chi connectivity index (χ3v) is 6.87. The van der Waals surface area contributed by atoms with Gasteiger partial charge in [0, 0.05) is 22.4 Å². The van der Waals surface area contributed by atoms with Crippen LogP contribution in [-0.4, -0.2) is 23.8 Å². The van der Waals surface area contributed by atoms with Gasteiger partial charge in [-0.15, -0.1) is 17.3 Å². The molecule has 2 heterocycles. The Morgan fingerprint density at radius 1 is 1.30 bits per heavy atom. The quantitative estimate of drug-likeness (QED) is 0.827. The molecule has 2 N–H and O–H groups in total. The van der Waals surface area contributed by atoms with Gasteiger partial charge >= 0.3 is 0 Å². The average molecular weight is 378 g/mol. The van der Waals surface area contributed by atoms with Gasteiger partial charge in [0.05, 0.1) is 5.92 Å². The molecule has 1 aromatic heterocycles. The Morgan fingerprint density at radius 2 is 2.07 bits per heavy atom. The molecule has 1 aromatic carbocycles. The summed E-state index contributed by atoms with van der Waals surface area (Å²) < 4.78 is 0. The van der Waals surface area contributed by atoms with Crippen molar-refractivity contribution in [3.8, 4) is 22.3 Å². The molecule has 138 valence electrons. The molecule has 0 radical (unpaired) electrons. The van der Waals surface area contributed by atoms with E-state index in [1.807, 2.05) is 19.1 Å². The van der Waals surface area contributed by atoms with E-state index >= 15 is 0 Å². The smallest absolute Gasteiger partial charge is 0.235 e. The number of hydrogen-bond acceptors (Lipinski definition) is 4. The summed E-state index contributed by atoms with van der Waals surface area (Å²) in [4.78, 5) is 21.5. The Labute approximate surface area is 164 Å². The van der Waals surface area contributed by atoms with Crippen LogP contribution >= 0.6 is 11.3 Å². The molecule has 1 saturated carbocycles. The molecule has 0 saturated heterocycles. The summed E-state index contributed by atoms with van der Waals surface area (Å²) in [5.41, 5.74) is 7.62. The second-order valence-corrected chi connectivity index (χ2v) is 8.53. The molecule has 0 bridgehead atoms. The Morgan fingerprint density at radius 3 is 2.78 bits per heavy atom. The van der Waals surface area contributed by atoms with Crippen molar-refractivity contribution in [3.05, 3.63) is 46.8 Å². The minimum absolute atomic E-state index is 0.0858. The largest absolute Gasteiger partial charge is 0.369 e. The van der Waals surface area contributed by atoms with Crippen LogP contribution < -0.4 is 5.73 Å². The lowest BCUT2D eigenvalue weighted by atomic mass is 9.79. The van der Waals surface area contributed by atoms with Gasteiger partial charge in [0.15, 0.2) is 5.96 Å². The van der Waals surface area contributed by atoms with Gasteiger partial charge in [-0.05, 0) is 62.4 Å². The molecule has 2 aliphatic rings. The average Bonchev–Trinajstić information content (AvgIpc) is 3.33. The van der Waals surface area contributed by atoms with Crippen LogP contribution in [0.25, 0.3) is 10.4 Å². The topological polar surface area (TPSA) is 58.7 Å². The Balaban J connectivity index is 1.76. The molecule has 1 unspecified atom stereocenters. The van der Waals surface area contributed by atoms with Crippen LogP contribution in [-0.2, 0) is 10.3 Å². The molecule has 4 nitrogen and oxygen atoms in total. The fraction of sp³-hybridized carbons (Fsp3) is 0.364. The number of carbonyl (C=O) groups excluding carboxylic acids is 1. The van der Waals surface area contributed by atoms with Crippen molar-refractivity contribution >= 4 is 23.2 Å². The SMILES string of the molecule is CC#Cc1cccc(-c2ccc([C@@]3(C)N=C(N)N(C)C(=O)C3C3CC3)s2)c1. The van der Waals surface area contributed by atoms with Gasteiger partial charge in [-0.25, -0.2) is 4.99 Å². The van der Waals surface area contributed by atoms with Crippen LogP contribution in [0.2, 0.25) is 0 Å². The molecule has 2 aromatic rings. The van der Waals surface area contributed by atoms with E-state index in [4.69, 9.17) is 10.7 Å². The van der Waals surface area contributed by atoms with Crippen molar-refractivity contribution in [3.63, 3.8) is 0 Å². The first-order valence-electron chi connectivity index (χ1n) is 9.20. The number of aliphatic imine (C=N–C) groups is 1. The van der Waals surface area contributed by atoms with E-state index in [0.29, 0.717) is 11.9 Å². The van der Waals surface area contributed by atoms with Crippen molar-refractivity contribution in [2.45, 2.75) is 32.2 Å². The Kier molecular flexibility index (Phi) is 4.32. The Hall–Kier alpha value is -2.58. The number of carbonyl (C=O) groups is 1. The van der Waals surface area contributed by atoms with Crippen molar-refractivity contribution in [1.82, 2.24) is 4.90 Å². The van der Waals surface area contributed by atoms with Crippen LogP contribution in [0.5, 0.6) is 0 Å². The summed E-state index contributed by atoms with van der Waals surface area (Å²) >= 11 is 1.69. The number of benzene rings is 1. The molecule has 0 spiro atoms. The van der Waals surface area contributed by atoms with Gasteiger partial charge in [0.2, 0.25) is 5.91 Å². The molecule has 27 heavy (non-hydrogen) atoms. The molecule has 4 rings (SSSR count). The fourth-order valence-electron chi connectivity index (χ4n) is 3.90. The Bertz CT molecular complexity index is 992. The summed E-state index contributed by atoms with van der Waals surface area (Å²) in [6.45, 7) is 3.90. The summed E-state index contributed by atoms with van der Waals surface area (Å²) in [6.07, 6.45) is 2.18. The van der Waals surface area contributed by atoms with Gasteiger partial charge in [0.1, 0.15) is 5.54 Å². The summed E-state index contributed by atoms with van der Waals surface area (Å²) in [5.74, 6) is 6.70. The number of rotatable bonds is 3. The molecule has 1 amide bonds. The normalized spacial score (nSPS) is 25.0. The first kappa shape index (κ1) is 17.8. The maximum Gasteiger partial charge on any atom is 0.235 e. The summed E-state index contributed by atoms with van der Waals surface area (Å²) in [6, 6.07) is 12.4. The highest BCUT2D eigenvalue weighted by Crippen LogP contribution is 2.52. The van der Waals surface area contributed by atoms with E-state index in [9.17, 15) is 4.79 Å². The van der Waals surface area contributed by atoms with Gasteiger partial charge in [0.25, 0.3) is 0 Å². The van der Waals surface area contributed by atoms with Gasteiger partial charge in [-0.3, -0.25) is 9.69 Å². The van der Waals surface area contributed by atoms with Crippen LogP contribution in [0, 0.1) is 23.7 Å². The minimum atomic E-state index is -0.599. The molecule has 1 aliphatic heterocycles. The highest BCUT2D eigenvalue weighted by atomic mass is 32.1. The lowest BCUT2D eigenvalue weighted by molar-refractivity contribution is -0.134. The second kappa shape index (κ2) is 6.54. The lowest BCUT2D eigenvalue weighted by Gasteiger charge is -2.40. The van der Waals surface area contributed by atoms with E-state index < -0.39 is 5.54 Å². The molecule has 5 heteroatoms. The van der Waals surface area contributed by atoms with E-state index in [1.165, 1.54) is 4.90 Å². The first-order valence-corrected chi connectivity index (χ1v) is 10.0. The van der Waals surface area contributed by atoms with Crippen molar-refractivity contribution in [2.75, 3.05) is 7.05 Å². The van der Waals surface area contributed by atoms with Crippen molar-refractivity contribution < 1.29 is 4.79 Å². The molecular weight excluding hydrogens is 354 g/mol. The zero-order valence-electron chi connectivity index (χ0n) is 15.8. The number of hydrogen-bond donors (Lipinski definition) is 1. The van der Waals surface area contributed by atoms with Gasteiger partial charge in [-0.1, -0.05) is 18.1 Å². The monoisotopic (exact) mass is 377 g/mol. The van der Waals surface area contributed by atoms with Crippen molar-refractivity contribution in [2.24, 2.45) is 22.6 Å². The molecular formula is C22H23N3OS. The summed E-state index contributed by atoms with van der Waals surface area (Å²) in [5, 5.41) is 0. The number of thiophene rings is 1. The van der Waals surface area contributed by atoms with Crippen LogP contribution in [0.15, 0.2) is 41.4 Å². The highest BCUT2D eigenvalue weighted by Gasteiger charge is 2.53. The number of amides is 1. The zero-order valence-corrected chi connectivity index (χ0v) is 16.6. The van der Waals surface area contributed by atoms with E-state index in [-0.39, 0.29) is 11.8 Å². The fourth-order valence-corrected chi connectivity index (χ4v) is 5.04. The molecule has 2 atom stereocenters. The number of guanidine groups is 1. The van der Waals surface area contributed by atoms with Gasteiger partial charge < -0.3 is 5.73 Å². The molecule has 1 fully saturated rings. The second-order valence-electron chi connectivity index (χ2n) is 7.45. The third-order valence-electron chi connectivity index (χ3n) is 5.51. The number of nitrogens with zero attached hydrogens (tertiary/aromatic N) is 2. The van der Waals surface area contributed by atoms with Crippen LogP contribution in [0.4, 0.5) is 0 Å². The lowest BCUT2D eigenvalue weighted by Crippen LogP contribution is -2.54. The van der Waals surface area contributed by atoms with Crippen LogP contribution in [0.3, 0.4) is 0 Å².